The molecule has 5 aromatic rings. The highest BCUT2D eigenvalue weighted by Gasteiger charge is 2.12. The molecular formula is C27H24N6O2. The van der Waals surface area contributed by atoms with Gasteiger partial charge in [-0.1, -0.05) is 66.7 Å². The van der Waals surface area contributed by atoms with Crippen molar-refractivity contribution >= 4 is 11.9 Å². The van der Waals surface area contributed by atoms with Crippen molar-refractivity contribution < 1.29 is 9.15 Å². The molecule has 0 atom stereocenters. The summed E-state index contributed by atoms with van der Waals surface area (Å²) < 4.78 is 11.0. The van der Waals surface area contributed by atoms with Gasteiger partial charge in [-0.15, -0.1) is 0 Å². The van der Waals surface area contributed by atoms with Crippen LogP contribution in [0.15, 0.2) is 95.9 Å². The van der Waals surface area contributed by atoms with E-state index >= 15 is 0 Å². The molecule has 0 unspecified atom stereocenters. The molecule has 0 radical (unpaired) electrons. The normalized spacial score (nSPS) is 10.7. The number of nitrogens with one attached hydrogen (secondary N) is 2. The third-order valence-electron chi connectivity index (χ3n) is 5.38. The average Bonchev–Trinajstić information content (AvgIpc) is 3.46. The van der Waals surface area contributed by atoms with Crippen LogP contribution in [0.2, 0.25) is 0 Å². The molecule has 8 heteroatoms. The van der Waals surface area contributed by atoms with E-state index < -0.39 is 0 Å². The zero-order valence-electron chi connectivity index (χ0n) is 19.2. The number of nitrogens with zero attached hydrogens (tertiary/aromatic N) is 4. The van der Waals surface area contributed by atoms with Crippen LogP contribution < -0.4 is 15.4 Å². The minimum absolute atomic E-state index is 0.479. The Kier molecular flexibility index (Phi) is 6.61. The minimum Gasteiger partial charge on any atom is -0.496 e. The molecule has 0 aliphatic heterocycles. The second kappa shape index (κ2) is 10.5. The number of hydrogen-bond donors (Lipinski definition) is 2. The summed E-state index contributed by atoms with van der Waals surface area (Å²) in [6.45, 7) is 1.11. The minimum atomic E-state index is 0.479. The first-order valence-corrected chi connectivity index (χ1v) is 11.2. The van der Waals surface area contributed by atoms with E-state index in [1.165, 1.54) is 6.39 Å². The Morgan fingerprint density at radius 2 is 1.46 bits per heavy atom. The second-order valence-corrected chi connectivity index (χ2v) is 7.77. The van der Waals surface area contributed by atoms with E-state index in [2.05, 4.69) is 42.7 Å². The van der Waals surface area contributed by atoms with Crippen molar-refractivity contribution in [1.82, 2.24) is 19.9 Å². The monoisotopic (exact) mass is 464 g/mol. The fourth-order valence-electron chi connectivity index (χ4n) is 3.61. The van der Waals surface area contributed by atoms with Gasteiger partial charge < -0.3 is 19.8 Å². The SMILES string of the molecule is COc1cc(CNc2nc(NCc3ccccc3)nc(-c3ccccc3)n2)ccc1-c1cnco1. The molecule has 0 amide bonds. The van der Waals surface area contributed by atoms with Gasteiger partial charge in [-0.25, -0.2) is 4.98 Å². The highest BCUT2D eigenvalue weighted by atomic mass is 16.5. The molecule has 174 valence electrons. The van der Waals surface area contributed by atoms with Crippen LogP contribution in [0, 0.1) is 0 Å². The van der Waals surface area contributed by atoms with Crippen molar-refractivity contribution in [1.29, 1.82) is 0 Å². The maximum atomic E-state index is 5.57. The van der Waals surface area contributed by atoms with E-state index in [1.54, 1.807) is 13.3 Å². The summed E-state index contributed by atoms with van der Waals surface area (Å²) >= 11 is 0. The quantitative estimate of drug-likeness (QED) is 0.298. The van der Waals surface area contributed by atoms with Crippen LogP contribution in [0.4, 0.5) is 11.9 Å². The summed E-state index contributed by atoms with van der Waals surface area (Å²) in [6, 6.07) is 25.9. The first-order valence-electron chi connectivity index (χ1n) is 11.2. The number of aromatic nitrogens is 4. The summed E-state index contributed by atoms with van der Waals surface area (Å²) in [6.07, 6.45) is 3.06. The van der Waals surface area contributed by atoms with Crippen molar-refractivity contribution in [2.75, 3.05) is 17.7 Å². The molecule has 0 saturated carbocycles. The first kappa shape index (κ1) is 22.1. The van der Waals surface area contributed by atoms with Gasteiger partial charge in [0.1, 0.15) is 5.75 Å². The molecular weight excluding hydrogens is 440 g/mol. The van der Waals surface area contributed by atoms with Crippen LogP contribution in [-0.4, -0.2) is 27.0 Å². The molecule has 2 N–H and O–H groups in total. The smallest absolute Gasteiger partial charge is 0.228 e. The third-order valence-corrected chi connectivity index (χ3v) is 5.38. The first-order chi connectivity index (χ1) is 17.3. The number of rotatable bonds is 9. The number of hydrogen-bond acceptors (Lipinski definition) is 8. The van der Waals surface area contributed by atoms with Gasteiger partial charge in [-0.2, -0.15) is 15.0 Å². The maximum Gasteiger partial charge on any atom is 0.228 e. The predicted molar refractivity (Wildman–Crippen MR) is 135 cm³/mol. The zero-order valence-corrected chi connectivity index (χ0v) is 19.2. The van der Waals surface area contributed by atoms with Gasteiger partial charge in [0.25, 0.3) is 0 Å². The van der Waals surface area contributed by atoms with Gasteiger partial charge in [0.05, 0.1) is 18.9 Å². The molecule has 8 nitrogen and oxygen atoms in total. The Hall–Kier alpha value is -4.72. The zero-order chi connectivity index (χ0) is 23.9. The highest BCUT2D eigenvalue weighted by Crippen LogP contribution is 2.30. The molecule has 35 heavy (non-hydrogen) atoms. The molecule has 0 aliphatic rings. The van der Waals surface area contributed by atoms with Gasteiger partial charge in [0.2, 0.25) is 11.9 Å². The summed E-state index contributed by atoms with van der Waals surface area (Å²) in [4.78, 5) is 17.9. The number of anilines is 2. The Bertz CT molecular complexity index is 1380. The second-order valence-electron chi connectivity index (χ2n) is 7.77. The Morgan fingerprint density at radius 1 is 0.771 bits per heavy atom. The summed E-state index contributed by atoms with van der Waals surface area (Å²) in [5, 5.41) is 6.63. The molecule has 0 aliphatic carbocycles. The topological polar surface area (TPSA) is 98.0 Å². The molecule has 3 aromatic carbocycles. The fourth-order valence-corrected chi connectivity index (χ4v) is 3.61. The van der Waals surface area contributed by atoms with Crippen LogP contribution in [0.3, 0.4) is 0 Å². The van der Waals surface area contributed by atoms with Crippen LogP contribution >= 0.6 is 0 Å². The van der Waals surface area contributed by atoms with Crippen molar-refractivity contribution in [2.45, 2.75) is 13.1 Å². The standard InChI is InChI=1S/C27H24N6O2/c1-34-23-14-20(12-13-22(23)24-17-28-18-35-24)16-30-27-32-25(21-10-6-3-7-11-21)31-26(33-27)29-15-19-8-4-2-5-9-19/h2-14,17-18H,15-16H2,1H3,(H2,29,30,31,32,33). The number of benzene rings is 3. The van der Waals surface area contributed by atoms with E-state index in [-0.39, 0.29) is 0 Å². The van der Waals surface area contributed by atoms with Crippen molar-refractivity contribution in [3.63, 3.8) is 0 Å². The predicted octanol–water partition coefficient (Wildman–Crippen LogP) is 5.43. The summed E-state index contributed by atoms with van der Waals surface area (Å²) in [5.74, 6) is 2.93. The number of oxazole rings is 1. The van der Waals surface area contributed by atoms with Crippen LogP contribution in [-0.2, 0) is 13.1 Å². The highest BCUT2D eigenvalue weighted by molar-refractivity contribution is 5.66. The lowest BCUT2D eigenvalue weighted by atomic mass is 10.1. The number of ether oxygens (including phenoxy) is 1. The maximum absolute atomic E-state index is 5.57. The largest absolute Gasteiger partial charge is 0.496 e. The molecule has 0 fully saturated rings. The van der Waals surface area contributed by atoms with E-state index in [0.717, 1.165) is 22.3 Å². The van der Waals surface area contributed by atoms with E-state index in [4.69, 9.17) is 9.15 Å². The van der Waals surface area contributed by atoms with E-state index in [9.17, 15) is 0 Å². The lowest BCUT2D eigenvalue weighted by molar-refractivity contribution is 0.414. The molecule has 2 aromatic heterocycles. The molecule has 0 bridgehead atoms. The van der Waals surface area contributed by atoms with Crippen LogP contribution in [0.1, 0.15) is 11.1 Å². The van der Waals surface area contributed by atoms with Gasteiger partial charge in [0, 0.05) is 18.7 Å². The fraction of sp³-hybridized carbons (Fsp3) is 0.111. The van der Waals surface area contributed by atoms with E-state index in [0.29, 0.717) is 42.3 Å². The van der Waals surface area contributed by atoms with Gasteiger partial charge >= 0.3 is 0 Å². The lowest BCUT2D eigenvalue weighted by Gasteiger charge is -2.12. The summed E-state index contributed by atoms with van der Waals surface area (Å²) in [7, 11) is 1.63. The van der Waals surface area contributed by atoms with E-state index in [1.807, 2.05) is 66.7 Å². The molecule has 5 rings (SSSR count). The van der Waals surface area contributed by atoms with Crippen LogP contribution in [0.25, 0.3) is 22.7 Å². The third kappa shape index (κ3) is 5.44. The average molecular weight is 465 g/mol. The molecule has 0 spiro atoms. The molecule has 2 heterocycles. The Morgan fingerprint density at radius 3 is 2.11 bits per heavy atom. The molecule has 0 saturated heterocycles. The van der Waals surface area contributed by atoms with Gasteiger partial charge in [0.15, 0.2) is 18.0 Å². The summed E-state index contributed by atoms with van der Waals surface area (Å²) in [5.41, 5.74) is 3.90. The van der Waals surface area contributed by atoms with Crippen molar-refractivity contribution in [3.8, 4) is 28.5 Å². The van der Waals surface area contributed by atoms with Crippen LogP contribution in [0.5, 0.6) is 5.75 Å². The van der Waals surface area contributed by atoms with Crippen molar-refractivity contribution in [2.24, 2.45) is 0 Å². The number of methoxy groups -OCH3 is 1. The lowest BCUT2D eigenvalue weighted by Crippen LogP contribution is -2.10. The van der Waals surface area contributed by atoms with Gasteiger partial charge in [-0.3, -0.25) is 0 Å². The Labute approximate surface area is 203 Å². The van der Waals surface area contributed by atoms with Crippen molar-refractivity contribution in [3.05, 3.63) is 103 Å². The Balaban J connectivity index is 1.37. The van der Waals surface area contributed by atoms with Gasteiger partial charge in [-0.05, 0) is 23.3 Å².